The van der Waals surface area contributed by atoms with Crippen LogP contribution in [0.15, 0.2) is 66.3 Å². The number of aryl methyl sites for hydroxylation is 1. The highest BCUT2D eigenvalue weighted by Crippen LogP contribution is 2.46. The smallest absolute Gasteiger partial charge is 0.411 e. The Morgan fingerprint density at radius 3 is 2.54 bits per heavy atom. The van der Waals surface area contributed by atoms with Gasteiger partial charge in [0.25, 0.3) is 0 Å². The van der Waals surface area contributed by atoms with Crippen LogP contribution in [0.2, 0.25) is 0 Å². The topological polar surface area (TPSA) is 116 Å². The number of rotatable bonds is 9. The maximum absolute atomic E-state index is 14.0. The van der Waals surface area contributed by atoms with Crippen LogP contribution in [0.25, 0.3) is 5.57 Å². The first-order chi connectivity index (χ1) is 17.4. The summed E-state index contributed by atoms with van der Waals surface area (Å²) in [5.74, 6) is -1.47. The van der Waals surface area contributed by atoms with Crippen molar-refractivity contribution in [3.8, 4) is 0 Å². The first-order valence-electron chi connectivity index (χ1n) is 12.2. The molecule has 0 fully saturated rings. The zero-order chi connectivity index (χ0) is 27.2. The highest BCUT2D eigenvalue weighted by atomic mass is 19.1. The number of hydrogen-bond donors (Lipinski definition) is 4. The van der Waals surface area contributed by atoms with Crippen molar-refractivity contribution >= 4 is 23.3 Å². The summed E-state index contributed by atoms with van der Waals surface area (Å²) in [6.45, 7) is 5.68. The van der Waals surface area contributed by atoms with Crippen LogP contribution < -0.4 is 5.32 Å². The van der Waals surface area contributed by atoms with E-state index in [9.17, 15) is 24.2 Å². The summed E-state index contributed by atoms with van der Waals surface area (Å²) in [5, 5.41) is 31.8. The number of nitrogens with one attached hydrogen (secondary N) is 1. The van der Waals surface area contributed by atoms with E-state index in [0.29, 0.717) is 24.1 Å². The lowest BCUT2D eigenvalue weighted by molar-refractivity contribution is -0.139. The summed E-state index contributed by atoms with van der Waals surface area (Å²) >= 11 is 0. The molecule has 0 radical (unpaired) electrons. The lowest BCUT2D eigenvalue weighted by Crippen LogP contribution is -2.33. The van der Waals surface area contributed by atoms with Crippen LogP contribution in [0.1, 0.15) is 50.7 Å². The van der Waals surface area contributed by atoms with Crippen LogP contribution in [0.3, 0.4) is 0 Å². The number of anilines is 1. The fourth-order valence-corrected chi connectivity index (χ4v) is 4.68. The number of carbonyl (C=O) groups excluding carboxylic acids is 1. The monoisotopic (exact) mass is 511 g/mol. The van der Waals surface area contributed by atoms with Gasteiger partial charge >= 0.3 is 12.1 Å². The van der Waals surface area contributed by atoms with Crippen molar-refractivity contribution in [3.63, 3.8) is 0 Å². The molecule has 0 saturated carbocycles. The number of benzene rings is 2. The van der Waals surface area contributed by atoms with E-state index in [1.54, 1.807) is 37.3 Å². The predicted octanol–water partition coefficient (Wildman–Crippen LogP) is 5.47. The van der Waals surface area contributed by atoms with Crippen LogP contribution >= 0.6 is 0 Å². The van der Waals surface area contributed by atoms with E-state index in [2.05, 4.69) is 5.32 Å². The van der Waals surface area contributed by atoms with Crippen molar-refractivity contribution in [3.05, 3.63) is 83.2 Å². The van der Waals surface area contributed by atoms with Crippen molar-refractivity contribution in [2.24, 2.45) is 5.41 Å². The molecule has 37 heavy (non-hydrogen) atoms. The van der Waals surface area contributed by atoms with Crippen LogP contribution in [0.4, 0.5) is 14.9 Å². The molecule has 8 heteroatoms. The van der Waals surface area contributed by atoms with Gasteiger partial charge in [0.1, 0.15) is 11.9 Å². The molecule has 198 valence electrons. The van der Waals surface area contributed by atoms with Gasteiger partial charge in [-0.05, 0) is 65.3 Å². The van der Waals surface area contributed by atoms with Gasteiger partial charge in [-0.15, -0.1) is 0 Å². The van der Waals surface area contributed by atoms with Crippen LogP contribution in [0.5, 0.6) is 0 Å². The van der Waals surface area contributed by atoms with E-state index < -0.39 is 42.2 Å². The molecule has 0 aromatic heterocycles. The highest BCUT2D eigenvalue weighted by Gasteiger charge is 2.36. The fourth-order valence-electron chi connectivity index (χ4n) is 4.68. The third-order valence-corrected chi connectivity index (χ3v) is 6.43. The first kappa shape index (κ1) is 28.1. The fraction of sp³-hybridized carbons (Fsp3) is 0.379. The summed E-state index contributed by atoms with van der Waals surface area (Å²) in [7, 11) is 0. The Morgan fingerprint density at radius 1 is 1.19 bits per heavy atom. The summed E-state index contributed by atoms with van der Waals surface area (Å²) in [6.07, 6.45) is 0.376. The Labute approximate surface area is 216 Å². The molecular formula is C29H34FNO6. The number of halogens is 1. The van der Waals surface area contributed by atoms with Gasteiger partial charge in [-0.1, -0.05) is 50.3 Å². The molecule has 4 N–H and O–H groups in total. The number of carboxylic acid groups (broad SMARTS) is 1. The van der Waals surface area contributed by atoms with E-state index in [0.717, 1.165) is 16.7 Å². The second-order valence-electron chi connectivity index (χ2n) is 10.1. The number of aliphatic hydroxyl groups excluding tert-OH is 2. The number of aliphatic hydroxyl groups is 2. The molecule has 0 heterocycles. The lowest BCUT2D eigenvalue weighted by atomic mass is 9.69. The first-order valence-corrected chi connectivity index (χ1v) is 12.2. The minimum Gasteiger partial charge on any atom is -0.481 e. The number of carboxylic acids is 1. The third-order valence-electron chi connectivity index (χ3n) is 6.43. The molecule has 2 aromatic rings. The van der Waals surface area contributed by atoms with Gasteiger partial charge in [0.15, 0.2) is 0 Å². The van der Waals surface area contributed by atoms with E-state index in [1.807, 2.05) is 32.0 Å². The number of hydrogen-bond acceptors (Lipinski definition) is 5. The average Bonchev–Trinajstić information content (AvgIpc) is 2.79. The molecule has 0 saturated heterocycles. The SMILES string of the molecule is Cc1cc(C2=C(/C=C/[C@@H](O)C[C@@H](O)CC(=O)O)C(C)(C)C[C@@H](OC(=O)Nc3ccccc3)C2)ccc1F. The maximum Gasteiger partial charge on any atom is 0.411 e. The molecule has 1 aliphatic rings. The quantitative estimate of drug-likeness (QED) is 0.355. The summed E-state index contributed by atoms with van der Waals surface area (Å²) in [5.41, 5.74) is 3.13. The molecule has 3 atom stereocenters. The van der Waals surface area contributed by atoms with Crippen LogP contribution in [0, 0.1) is 18.2 Å². The normalized spacial score (nSPS) is 18.9. The minimum atomic E-state index is -1.18. The van der Waals surface area contributed by atoms with Gasteiger partial charge < -0.3 is 20.1 Å². The molecule has 0 spiro atoms. The Hall–Kier alpha value is -3.49. The van der Waals surface area contributed by atoms with Gasteiger partial charge in [0, 0.05) is 18.5 Å². The molecule has 7 nitrogen and oxygen atoms in total. The van der Waals surface area contributed by atoms with Crippen molar-refractivity contribution in [2.75, 3.05) is 5.32 Å². The number of aliphatic carboxylic acids is 1. The average molecular weight is 512 g/mol. The number of amides is 1. The van der Waals surface area contributed by atoms with E-state index in [-0.39, 0.29) is 12.2 Å². The number of ether oxygens (including phenoxy) is 1. The van der Waals surface area contributed by atoms with Crippen molar-refractivity contribution < 1.29 is 34.0 Å². The van der Waals surface area contributed by atoms with E-state index in [1.165, 1.54) is 12.1 Å². The van der Waals surface area contributed by atoms with Crippen molar-refractivity contribution in [1.82, 2.24) is 0 Å². The van der Waals surface area contributed by atoms with Gasteiger partial charge in [0.2, 0.25) is 0 Å². The number of para-hydroxylation sites is 1. The standard InChI is InChI=1S/C29H34FNO6/c1-18-13-19(9-12-26(18)30)24-16-23(37-28(36)31-20-7-5-4-6-8-20)17-29(2,3)25(24)11-10-21(32)14-22(33)15-27(34)35/h4-13,21-23,32-33H,14-17H2,1-3H3,(H,31,36)(H,34,35)/b11-10+/t21-,22-,23+/m1/s1. The Bertz CT molecular complexity index is 1170. The van der Waals surface area contributed by atoms with Crippen molar-refractivity contribution in [1.29, 1.82) is 0 Å². The zero-order valence-corrected chi connectivity index (χ0v) is 21.3. The second kappa shape index (κ2) is 12.2. The van der Waals surface area contributed by atoms with E-state index in [4.69, 9.17) is 9.84 Å². The molecule has 0 aliphatic heterocycles. The number of carbonyl (C=O) groups is 2. The molecule has 1 aliphatic carbocycles. The molecule has 3 rings (SSSR count). The van der Waals surface area contributed by atoms with Crippen molar-refractivity contribution in [2.45, 2.75) is 64.8 Å². The van der Waals surface area contributed by atoms with Gasteiger partial charge in [-0.2, -0.15) is 0 Å². The third kappa shape index (κ3) is 8.00. The highest BCUT2D eigenvalue weighted by molar-refractivity contribution is 5.85. The molecule has 1 amide bonds. The summed E-state index contributed by atoms with van der Waals surface area (Å²) in [4.78, 5) is 23.4. The Kier molecular flexibility index (Phi) is 9.23. The lowest BCUT2D eigenvalue weighted by Gasteiger charge is -2.38. The zero-order valence-electron chi connectivity index (χ0n) is 21.3. The van der Waals surface area contributed by atoms with Crippen LogP contribution in [-0.2, 0) is 9.53 Å². The molecule has 2 aromatic carbocycles. The Morgan fingerprint density at radius 2 is 1.89 bits per heavy atom. The van der Waals surface area contributed by atoms with E-state index >= 15 is 0 Å². The van der Waals surface area contributed by atoms with Gasteiger partial charge in [0.05, 0.1) is 18.6 Å². The maximum atomic E-state index is 14.0. The molecular weight excluding hydrogens is 477 g/mol. The number of allylic oxidation sites excluding steroid dienone is 2. The predicted molar refractivity (Wildman–Crippen MR) is 139 cm³/mol. The summed E-state index contributed by atoms with van der Waals surface area (Å²) < 4.78 is 19.8. The molecule has 0 unspecified atom stereocenters. The Balaban J connectivity index is 1.88. The largest absolute Gasteiger partial charge is 0.481 e. The molecule has 0 bridgehead atoms. The minimum absolute atomic E-state index is 0.118. The van der Waals surface area contributed by atoms with Gasteiger partial charge in [-0.25, -0.2) is 9.18 Å². The van der Waals surface area contributed by atoms with Crippen LogP contribution in [-0.4, -0.2) is 45.7 Å². The van der Waals surface area contributed by atoms with Gasteiger partial charge in [-0.3, -0.25) is 10.1 Å². The summed E-state index contributed by atoms with van der Waals surface area (Å²) in [6, 6.07) is 13.8. The second-order valence-corrected chi connectivity index (χ2v) is 10.1.